The minimum atomic E-state index is -3.71. The van der Waals surface area contributed by atoms with Gasteiger partial charge in [-0.15, -0.1) is 30.3 Å². The van der Waals surface area contributed by atoms with Crippen LogP contribution < -0.4 is 10.6 Å². The van der Waals surface area contributed by atoms with Crippen molar-refractivity contribution in [3.8, 4) is 12.3 Å². The lowest BCUT2D eigenvalue weighted by molar-refractivity contribution is -0.143. The van der Waals surface area contributed by atoms with E-state index in [2.05, 4.69) is 23.1 Å². The van der Waals surface area contributed by atoms with Gasteiger partial charge in [0.25, 0.3) is 0 Å². The van der Waals surface area contributed by atoms with Crippen molar-refractivity contribution in [2.24, 2.45) is 29.1 Å². The molecule has 0 bridgehead atoms. The van der Waals surface area contributed by atoms with Gasteiger partial charge >= 0.3 is 6.03 Å². The molecular weight excluding hydrogens is 749 g/mol. The number of nitrogens with one attached hydrogen (secondary N) is 2. The van der Waals surface area contributed by atoms with Crippen LogP contribution >= 0.6 is 11.3 Å². The Morgan fingerprint density at radius 2 is 1.79 bits per heavy atom. The maximum Gasteiger partial charge on any atom is 0.315 e. The predicted molar refractivity (Wildman–Crippen MR) is 215 cm³/mol. The van der Waals surface area contributed by atoms with E-state index in [1.54, 1.807) is 22.4 Å². The number of sulfonamides is 1. The molecule has 6 rings (SSSR count). The largest absolute Gasteiger partial charge is 0.334 e. The molecule has 13 heteroatoms. The Hall–Kier alpha value is -4.12. The van der Waals surface area contributed by atoms with Crippen LogP contribution in [-0.4, -0.2) is 78.1 Å². The molecule has 1 aromatic heterocycles. The molecule has 0 radical (unpaired) electrons. The quantitative estimate of drug-likeness (QED) is 0.130. The first-order valence-corrected chi connectivity index (χ1v) is 22.1. The van der Waals surface area contributed by atoms with E-state index in [1.807, 2.05) is 45.0 Å². The number of fused-ring (bicyclic) bond motifs is 3. The maximum absolute atomic E-state index is 15.0. The van der Waals surface area contributed by atoms with Crippen molar-refractivity contribution in [1.29, 1.82) is 0 Å². The van der Waals surface area contributed by atoms with Gasteiger partial charge in [-0.2, -0.15) is 4.31 Å². The van der Waals surface area contributed by atoms with E-state index in [-0.39, 0.29) is 68.2 Å². The second-order valence-corrected chi connectivity index (χ2v) is 19.9. The number of benzene rings is 1. The number of hydrogen-bond donors (Lipinski definition) is 2. The van der Waals surface area contributed by atoms with Crippen molar-refractivity contribution in [2.45, 2.75) is 115 Å². The summed E-state index contributed by atoms with van der Waals surface area (Å²) in [5.74, 6) is -0.396. The fourth-order valence-electron chi connectivity index (χ4n) is 9.17. The van der Waals surface area contributed by atoms with E-state index in [9.17, 15) is 27.6 Å². The van der Waals surface area contributed by atoms with Gasteiger partial charge in [-0.3, -0.25) is 19.2 Å². The fraction of sp³-hybridized carbons (Fsp3) is 0.558. The molecule has 6 atom stereocenters. The zero-order chi connectivity index (χ0) is 40.4. The number of hydrogen-bond acceptors (Lipinski definition) is 8. The van der Waals surface area contributed by atoms with Gasteiger partial charge in [-0.25, -0.2) is 13.2 Å². The molecule has 3 amide bonds. The number of Topliss-reactive ketones (excluding diaryl/α,β-unsaturated/α-hetero) is 3. The van der Waals surface area contributed by atoms with Crippen LogP contribution in [0.5, 0.6) is 0 Å². The third kappa shape index (κ3) is 8.72. The standard InChI is InChI=1S/C43H54N4O7S2/c1-6-8-13-29(40(50)33(48)18-9-7-2)23-34(49)39-32-17-12-16-30(32)24-47(39)41(51)38(31-21-27-14-10-11-15-28(27)22-31)45-42(52)44-37(43(3,4)5)26-46-25-35-36(19-20-55-35)56(46,53)54/h1,7,10-11,14-15,19-20,29-32,37-39H,2,8-9,12-13,16-18,21-26H2,3-5H3,(H2,44,45,52)/t29?,30-,32-,37+,38-,39-/m0/s1. The summed E-state index contributed by atoms with van der Waals surface area (Å²) in [7, 11) is -3.71. The summed E-state index contributed by atoms with van der Waals surface area (Å²) < 4.78 is 28.1. The molecule has 0 spiro atoms. The number of likely N-dealkylation sites (tertiary alicyclic amines) is 1. The zero-order valence-corrected chi connectivity index (χ0v) is 34.3. The normalized spacial score (nSPS) is 23.0. The van der Waals surface area contributed by atoms with Crippen molar-refractivity contribution in [2.75, 3.05) is 13.1 Å². The molecule has 2 fully saturated rings. The molecular formula is C43H54N4O7S2. The third-order valence-corrected chi connectivity index (χ3v) is 15.2. The molecule has 56 heavy (non-hydrogen) atoms. The number of allylic oxidation sites excluding steroid dienone is 1. The molecule has 1 saturated heterocycles. The van der Waals surface area contributed by atoms with Crippen molar-refractivity contribution in [3.63, 3.8) is 0 Å². The highest BCUT2D eigenvalue weighted by Gasteiger charge is 2.52. The molecule has 2 aliphatic heterocycles. The lowest BCUT2D eigenvalue weighted by Crippen LogP contribution is -2.60. The lowest BCUT2D eigenvalue weighted by Gasteiger charge is -2.36. The van der Waals surface area contributed by atoms with Crippen LogP contribution in [0, 0.1) is 41.4 Å². The van der Waals surface area contributed by atoms with Gasteiger partial charge < -0.3 is 15.5 Å². The second kappa shape index (κ2) is 17.2. The number of terminal acetylenes is 1. The Balaban J connectivity index is 1.24. The van der Waals surface area contributed by atoms with Gasteiger partial charge in [0.05, 0.1) is 10.9 Å². The van der Waals surface area contributed by atoms with Crippen molar-refractivity contribution in [3.05, 3.63) is 64.4 Å². The average Bonchev–Trinajstić information content (AvgIpc) is 3.98. The molecule has 1 aromatic carbocycles. The third-order valence-electron chi connectivity index (χ3n) is 12.3. The SMILES string of the molecule is C#CCCC(CC(=O)[C@@H]1[C@H]2CCC[C@H]2CN1C(=O)[C@@H](NC(=O)N[C@H](CN1Cc2sccc2S1(=O)=O)C(C)(C)C)C1Cc2ccccc2C1)C(=O)C(=O)CCC=C. The second-order valence-electron chi connectivity index (χ2n) is 17.0. The average molecular weight is 803 g/mol. The highest BCUT2D eigenvalue weighted by Crippen LogP contribution is 2.44. The number of nitrogens with zero attached hydrogens (tertiary/aromatic N) is 2. The molecule has 1 unspecified atom stereocenters. The van der Waals surface area contributed by atoms with Crippen LogP contribution in [0.15, 0.2) is 53.3 Å². The number of carbonyl (C=O) groups is 5. The number of ketones is 3. The first-order valence-electron chi connectivity index (χ1n) is 19.8. The number of carbonyl (C=O) groups excluding carboxylic acids is 5. The van der Waals surface area contributed by atoms with Crippen LogP contribution in [0.2, 0.25) is 0 Å². The Labute approximate surface area is 335 Å². The van der Waals surface area contributed by atoms with E-state index in [1.165, 1.54) is 15.6 Å². The van der Waals surface area contributed by atoms with Crippen molar-refractivity contribution < 1.29 is 32.4 Å². The summed E-state index contributed by atoms with van der Waals surface area (Å²) in [5.41, 5.74) is 1.65. The van der Waals surface area contributed by atoms with E-state index in [0.29, 0.717) is 30.7 Å². The van der Waals surface area contributed by atoms with Crippen LogP contribution in [0.1, 0.15) is 88.1 Å². The summed E-state index contributed by atoms with van der Waals surface area (Å²) in [4.78, 5) is 72.4. The van der Waals surface area contributed by atoms with Gasteiger partial charge in [-0.1, -0.05) is 57.5 Å². The smallest absolute Gasteiger partial charge is 0.315 e. The summed E-state index contributed by atoms with van der Waals surface area (Å²) in [6, 6.07) is 6.60. The molecule has 3 heterocycles. The Kier molecular flexibility index (Phi) is 12.7. The van der Waals surface area contributed by atoms with E-state index < -0.39 is 57.1 Å². The van der Waals surface area contributed by atoms with Crippen LogP contribution in [0.25, 0.3) is 0 Å². The number of rotatable bonds is 16. The van der Waals surface area contributed by atoms with E-state index >= 15 is 4.79 Å². The predicted octanol–water partition coefficient (Wildman–Crippen LogP) is 5.47. The number of urea groups is 1. The molecule has 4 aliphatic rings. The molecule has 1 saturated carbocycles. The van der Waals surface area contributed by atoms with Gasteiger partial charge in [0, 0.05) is 55.7 Å². The fourth-order valence-corrected chi connectivity index (χ4v) is 12.1. The van der Waals surface area contributed by atoms with E-state index in [0.717, 1.165) is 35.3 Å². The Bertz CT molecular complexity index is 1990. The van der Waals surface area contributed by atoms with Crippen LogP contribution in [0.3, 0.4) is 0 Å². The highest BCUT2D eigenvalue weighted by molar-refractivity contribution is 7.89. The molecule has 2 aromatic rings. The maximum atomic E-state index is 15.0. The topological polar surface area (TPSA) is 150 Å². The first kappa shape index (κ1) is 41.5. The first-order chi connectivity index (χ1) is 26.6. The number of amides is 3. The summed E-state index contributed by atoms with van der Waals surface area (Å²) in [5, 5.41) is 7.83. The van der Waals surface area contributed by atoms with Crippen LogP contribution in [-0.2, 0) is 48.6 Å². The lowest BCUT2D eigenvalue weighted by atomic mass is 9.84. The molecule has 2 N–H and O–H groups in total. The molecule has 11 nitrogen and oxygen atoms in total. The summed E-state index contributed by atoms with van der Waals surface area (Å²) in [6.07, 6.45) is 11.4. The number of thiophene rings is 1. The zero-order valence-electron chi connectivity index (χ0n) is 32.6. The van der Waals surface area contributed by atoms with Crippen molar-refractivity contribution >= 4 is 50.6 Å². The minimum Gasteiger partial charge on any atom is -0.334 e. The minimum absolute atomic E-state index is 0.0142. The summed E-state index contributed by atoms with van der Waals surface area (Å²) >= 11 is 1.39. The van der Waals surface area contributed by atoms with Gasteiger partial charge in [0.2, 0.25) is 21.7 Å². The van der Waals surface area contributed by atoms with Crippen LogP contribution in [0.4, 0.5) is 4.79 Å². The Morgan fingerprint density at radius 3 is 2.43 bits per heavy atom. The van der Waals surface area contributed by atoms with Gasteiger partial charge in [0.15, 0.2) is 11.6 Å². The monoisotopic (exact) mass is 802 g/mol. The van der Waals surface area contributed by atoms with Gasteiger partial charge in [0.1, 0.15) is 6.04 Å². The Morgan fingerprint density at radius 1 is 1.07 bits per heavy atom. The van der Waals surface area contributed by atoms with Gasteiger partial charge in [-0.05, 0) is 84.3 Å². The molecule has 300 valence electrons. The van der Waals surface area contributed by atoms with E-state index in [4.69, 9.17) is 6.42 Å². The van der Waals surface area contributed by atoms with Crippen molar-refractivity contribution in [1.82, 2.24) is 19.8 Å². The summed E-state index contributed by atoms with van der Waals surface area (Å²) in [6.45, 7) is 10.1. The highest BCUT2D eigenvalue weighted by atomic mass is 32.2. The molecule has 2 aliphatic carbocycles.